The van der Waals surface area contributed by atoms with Crippen LogP contribution in [-0.4, -0.2) is 17.4 Å². The van der Waals surface area contributed by atoms with Crippen molar-refractivity contribution in [3.8, 4) is 0 Å². The number of halogens is 2. The fourth-order valence-electron chi connectivity index (χ4n) is 1.17. The maximum absolute atomic E-state index is 12.8. The van der Waals surface area contributed by atoms with Crippen LogP contribution in [-0.2, 0) is 20.9 Å². The average molecular weight is 259 g/mol. The van der Waals surface area contributed by atoms with E-state index >= 15 is 0 Å². The molecule has 0 radical (unpaired) electrons. The Morgan fingerprint density at radius 2 is 1.94 bits per heavy atom. The minimum Gasteiger partial charge on any atom is -0.461 e. The zero-order valence-electron chi connectivity index (χ0n) is 9.07. The van der Waals surface area contributed by atoms with Crippen molar-refractivity contribution < 1.29 is 18.7 Å². The lowest BCUT2D eigenvalue weighted by atomic mass is 10.2. The summed E-state index contributed by atoms with van der Waals surface area (Å²) >= 11 is 4.92. The van der Waals surface area contributed by atoms with E-state index in [1.807, 2.05) is 30.3 Å². The van der Waals surface area contributed by atoms with E-state index in [0.717, 1.165) is 5.56 Å². The Kier molecular flexibility index (Phi) is 5.63. The molecule has 0 saturated carbocycles. The maximum Gasteiger partial charge on any atom is 0.306 e. The molecule has 3 nitrogen and oxygen atoms in total. The Morgan fingerprint density at radius 3 is 2.53 bits per heavy atom. The zero-order valence-corrected chi connectivity index (χ0v) is 9.82. The van der Waals surface area contributed by atoms with Gasteiger partial charge in [-0.25, -0.2) is 4.39 Å². The van der Waals surface area contributed by atoms with E-state index in [4.69, 9.17) is 16.3 Å². The molecular formula is C12H12ClFO3. The predicted molar refractivity (Wildman–Crippen MR) is 61.2 cm³/mol. The summed E-state index contributed by atoms with van der Waals surface area (Å²) in [7, 11) is 0. The molecule has 0 N–H and O–H groups in total. The highest BCUT2D eigenvalue weighted by Crippen LogP contribution is 2.08. The quantitative estimate of drug-likeness (QED) is 0.582. The molecule has 92 valence electrons. The number of alkyl halides is 1. The van der Waals surface area contributed by atoms with Gasteiger partial charge in [0.25, 0.3) is 5.24 Å². The van der Waals surface area contributed by atoms with Crippen LogP contribution in [0.1, 0.15) is 18.4 Å². The van der Waals surface area contributed by atoms with Crippen LogP contribution < -0.4 is 0 Å². The van der Waals surface area contributed by atoms with Gasteiger partial charge in [-0.05, 0) is 23.6 Å². The first-order valence-corrected chi connectivity index (χ1v) is 5.50. The molecule has 0 aliphatic heterocycles. The lowest BCUT2D eigenvalue weighted by molar-refractivity contribution is -0.145. The summed E-state index contributed by atoms with van der Waals surface area (Å²) in [5, 5.41) is -1.08. The van der Waals surface area contributed by atoms with Crippen molar-refractivity contribution in [2.75, 3.05) is 0 Å². The number of carbonyl (C=O) groups excluding carboxylic acids is 2. The van der Waals surface area contributed by atoms with Gasteiger partial charge in [0.15, 0.2) is 6.17 Å². The van der Waals surface area contributed by atoms with Crippen LogP contribution in [0.25, 0.3) is 0 Å². The highest BCUT2D eigenvalue weighted by atomic mass is 35.5. The molecule has 1 rings (SSSR count). The summed E-state index contributed by atoms with van der Waals surface area (Å²) in [4.78, 5) is 21.6. The van der Waals surface area contributed by atoms with Crippen LogP contribution in [0.15, 0.2) is 30.3 Å². The third kappa shape index (κ3) is 5.45. The summed E-state index contributed by atoms with van der Waals surface area (Å²) in [6.07, 6.45) is -2.21. The molecule has 0 unspecified atom stereocenters. The van der Waals surface area contributed by atoms with Crippen molar-refractivity contribution in [1.29, 1.82) is 0 Å². The second-order valence-electron chi connectivity index (χ2n) is 3.46. The first-order valence-electron chi connectivity index (χ1n) is 5.12. The number of carbonyl (C=O) groups is 2. The Morgan fingerprint density at radius 1 is 1.29 bits per heavy atom. The molecule has 0 aliphatic carbocycles. The summed E-state index contributed by atoms with van der Waals surface area (Å²) in [5.41, 5.74) is 0.853. The number of benzene rings is 1. The van der Waals surface area contributed by atoms with Crippen molar-refractivity contribution >= 4 is 22.8 Å². The topological polar surface area (TPSA) is 43.4 Å². The molecule has 1 aromatic carbocycles. The van der Waals surface area contributed by atoms with Gasteiger partial charge in [0.05, 0.1) is 0 Å². The molecule has 0 aliphatic rings. The van der Waals surface area contributed by atoms with Crippen LogP contribution in [0.4, 0.5) is 4.39 Å². The normalized spacial score (nSPS) is 11.9. The molecular weight excluding hydrogens is 247 g/mol. The van der Waals surface area contributed by atoms with Crippen molar-refractivity contribution in [2.24, 2.45) is 0 Å². The second kappa shape index (κ2) is 7.01. The summed E-state index contributed by atoms with van der Waals surface area (Å²) in [5.74, 6) is -0.547. The zero-order chi connectivity index (χ0) is 12.7. The minimum atomic E-state index is -1.80. The molecule has 0 saturated heterocycles. The lowest BCUT2D eigenvalue weighted by Crippen LogP contribution is -2.13. The van der Waals surface area contributed by atoms with Crippen LogP contribution >= 0.6 is 11.6 Å². The number of rotatable bonds is 6. The lowest BCUT2D eigenvalue weighted by Gasteiger charge is -2.05. The van der Waals surface area contributed by atoms with Crippen LogP contribution in [0.5, 0.6) is 0 Å². The Balaban J connectivity index is 2.24. The van der Waals surface area contributed by atoms with E-state index < -0.39 is 17.4 Å². The van der Waals surface area contributed by atoms with Crippen LogP contribution in [0, 0.1) is 0 Å². The Labute approximate surface area is 104 Å². The van der Waals surface area contributed by atoms with Gasteiger partial charge in [0.2, 0.25) is 0 Å². The highest BCUT2D eigenvalue weighted by molar-refractivity contribution is 6.64. The fourth-order valence-corrected chi connectivity index (χ4v) is 1.28. The van der Waals surface area contributed by atoms with Crippen molar-refractivity contribution in [3.63, 3.8) is 0 Å². The molecule has 0 bridgehead atoms. The van der Waals surface area contributed by atoms with Gasteiger partial charge < -0.3 is 4.74 Å². The van der Waals surface area contributed by atoms with E-state index in [1.54, 1.807) is 0 Å². The standard InChI is InChI=1S/C12H12ClFO3/c13-12(16)10(14)6-7-11(15)17-8-9-4-2-1-3-5-9/h1-5,10H,6-8H2/t10-/m0/s1. The average Bonchev–Trinajstić information content (AvgIpc) is 2.34. The predicted octanol–water partition coefficient (Wildman–Crippen LogP) is 2.61. The van der Waals surface area contributed by atoms with Crippen molar-refractivity contribution in [2.45, 2.75) is 25.6 Å². The molecule has 1 atom stereocenters. The monoisotopic (exact) mass is 258 g/mol. The second-order valence-corrected chi connectivity index (χ2v) is 3.83. The Bertz CT molecular complexity index is 381. The first-order chi connectivity index (χ1) is 8.09. The molecule has 5 heteroatoms. The summed E-state index contributed by atoms with van der Waals surface area (Å²) in [6, 6.07) is 9.13. The number of hydrogen-bond acceptors (Lipinski definition) is 3. The SMILES string of the molecule is O=C(CC[C@H](F)C(=O)Cl)OCc1ccccc1. The maximum atomic E-state index is 12.8. The van der Waals surface area contributed by atoms with Gasteiger partial charge in [-0.1, -0.05) is 30.3 Å². The minimum absolute atomic E-state index is 0.144. The fraction of sp³-hybridized carbons (Fsp3) is 0.333. The van der Waals surface area contributed by atoms with Gasteiger partial charge in [-0.3, -0.25) is 9.59 Å². The van der Waals surface area contributed by atoms with Gasteiger partial charge in [0.1, 0.15) is 6.61 Å². The molecule has 0 heterocycles. The largest absolute Gasteiger partial charge is 0.461 e. The van der Waals surface area contributed by atoms with E-state index in [-0.39, 0.29) is 19.4 Å². The third-order valence-corrected chi connectivity index (χ3v) is 2.33. The molecule has 0 spiro atoms. The molecule has 0 fully saturated rings. The molecule has 0 aromatic heterocycles. The van der Waals surface area contributed by atoms with E-state index in [0.29, 0.717) is 0 Å². The third-order valence-electron chi connectivity index (χ3n) is 2.09. The Hall–Kier alpha value is -1.42. The van der Waals surface area contributed by atoms with Gasteiger partial charge in [0, 0.05) is 6.42 Å². The van der Waals surface area contributed by atoms with Crippen LogP contribution in [0.3, 0.4) is 0 Å². The van der Waals surface area contributed by atoms with Gasteiger partial charge in [-0.2, -0.15) is 0 Å². The van der Waals surface area contributed by atoms with E-state index in [9.17, 15) is 14.0 Å². The number of ether oxygens (including phenoxy) is 1. The molecule has 17 heavy (non-hydrogen) atoms. The smallest absolute Gasteiger partial charge is 0.306 e. The number of hydrogen-bond donors (Lipinski definition) is 0. The summed E-state index contributed by atoms with van der Waals surface area (Å²) < 4.78 is 17.7. The number of esters is 1. The van der Waals surface area contributed by atoms with E-state index in [1.165, 1.54) is 0 Å². The van der Waals surface area contributed by atoms with Gasteiger partial charge >= 0.3 is 5.97 Å². The van der Waals surface area contributed by atoms with Crippen LogP contribution in [0.2, 0.25) is 0 Å². The van der Waals surface area contributed by atoms with Gasteiger partial charge in [-0.15, -0.1) is 0 Å². The molecule has 0 amide bonds. The first kappa shape index (κ1) is 13.6. The summed E-state index contributed by atoms with van der Waals surface area (Å²) in [6.45, 7) is 0.144. The van der Waals surface area contributed by atoms with Crippen molar-refractivity contribution in [3.05, 3.63) is 35.9 Å². The van der Waals surface area contributed by atoms with E-state index in [2.05, 4.69) is 0 Å². The highest BCUT2D eigenvalue weighted by Gasteiger charge is 2.16. The molecule has 1 aromatic rings. The van der Waals surface area contributed by atoms with Crippen molar-refractivity contribution in [1.82, 2.24) is 0 Å².